The molecule has 5 aromatic heterocycles. The number of nitrogens with zero attached hydrogens (tertiary/aromatic N) is 6. The Morgan fingerprint density at radius 2 is 0.967 bits per heavy atom. The largest absolute Gasteiger partial charge is 0.294 e. The molecule has 6 nitrogen and oxygen atoms in total. The van der Waals surface area contributed by atoms with Crippen LogP contribution < -0.4 is 4.90 Å². The lowest BCUT2D eigenvalue weighted by molar-refractivity contribution is 1.08. The molecule has 11 aromatic rings. The van der Waals surface area contributed by atoms with Gasteiger partial charge in [-0.05, 0) is 112 Å². The summed E-state index contributed by atoms with van der Waals surface area (Å²) in [5, 5.41) is 4.67. The summed E-state index contributed by atoms with van der Waals surface area (Å²) in [5.41, 5.74) is 15.0. The molecule has 1 aliphatic rings. The minimum absolute atomic E-state index is 0.811. The lowest BCUT2D eigenvalue weighted by Crippen LogP contribution is -2.16. The first-order valence-electron chi connectivity index (χ1n) is 20.1. The van der Waals surface area contributed by atoms with Gasteiger partial charge in [-0.2, -0.15) is 0 Å². The lowest BCUT2D eigenvalue weighted by atomic mass is 9.86. The van der Waals surface area contributed by atoms with Gasteiger partial charge in [-0.1, -0.05) is 103 Å². The predicted molar refractivity (Wildman–Crippen MR) is 245 cm³/mol. The average molecular weight is 767 g/mol. The molecule has 60 heavy (non-hydrogen) atoms. The second kappa shape index (κ2) is 13.7. The predicted octanol–water partition coefficient (Wildman–Crippen LogP) is 13.6. The first-order chi connectivity index (χ1) is 29.8. The van der Waals surface area contributed by atoms with Crippen LogP contribution in [0.3, 0.4) is 0 Å². The maximum Gasteiger partial charge on any atom is 0.138 e. The minimum Gasteiger partial charge on any atom is -0.294 e. The van der Waals surface area contributed by atoms with E-state index >= 15 is 0 Å². The van der Waals surface area contributed by atoms with Gasteiger partial charge in [0.15, 0.2) is 0 Å². The molecule has 0 bridgehead atoms. The van der Waals surface area contributed by atoms with Crippen LogP contribution in [-0.4, -0.2) is 24.5 Å². The van der Waals surface area contributed by atoms with E-state index in [2.05, 4.69) is 148 Å². The van der Waals surface area contributed by atoms with Crippen LogP contribution in [0.15, 0.2) is 207 Å². The van der Waals surface area contributed by atoms with E-state index in [-0.39, 0.29) is 0 Å². The highest BCUT2D eigenvalue weighted by atomic mass is 15.2. The van der Waals surface area contributed by atoms with Crippen molar-refractivity contribution in [2.24, 2.45) is 0 Å². The number of hydrogen-bond acceptors (Lipinski definition) is 5. The van der Waals surface area contributed by atoms with Crippen LogP contribution in [0.2, 0.25) is 0 Å². The molecule has 1 aliphatic heterocycles. The van der Waals surface area contributed by atoms with Gasteiger partial charge in [-0.25, -0.2) is 9.97 Å². The third kappa shape index (κ3) is 5.42. The Kier molecular flexibility index (Phi) is 7.74. The lowest BCUT2D eigenvalue weighted by Gasteiger charge is -2.33. The van der Waals surface area contributed by atoms with Crippen molar-refractivity contribution in [2.75, 3.05) is 4.90 Å². The molecule has 6 heteroatoms. The van der Waals surface area contributed by atoms with Gasteiger partial charge in [0.2, 0.25) is 0 Å². The summed E-state index contributed by atoms with van der Waals surface area (Å²) < 4.78 is 2.30. The van der Waals surface area contributed by atoms with Crippen molar-refractivity contribution in [1.82, 2.24) is 24.5 Å². The van der Waals surface area contributed by atoms with E-state index < -0.39 is 0 Å². The van der Waals surface area contributed by atoms with E-state index in [1.165, 1.54) is 33.0 Å². The highest BCUT2D eigenvalue weighted by Gasteiger charge is 2.30. The summed E-state index contributed by atoms with van der Waals surface area (Å²) in [6.07, 6.45) is 7.44. The molecule has 6 aromatic carbocycles. The van der Waals surface area contributed by atoms with E-state index in [1.807, 2.05) is 73.3 Å². The highest BCUT2D eigenvalue weighted by Crippen LogP contribution is 2.54. The molecule has 0 N–H and O–H groups in total. The maximum absolute atomic E-state index is 5.09. The molecule has 0 spiro atoms. The zero-order chi connectivity index (χ0) is 39.6. The van der Waals surface area contributed by atoms with E-state index in [0.29, 0.717) is 0 Å². The number of pyridine rings is 4. The van der Waals surface area contributed by atoms with Crippen molar-refractivity contribution in [3.05, 3.63) is 207 Å². The molecule has 0 fully saturated rings. The summed E-state index contributed by atoms with van der Waals surface area (Å²) in [7, 11) is 0. The fourth-order valence-corrected chi connectivity index (χ4v) is 9.02. The SMILES string of the molecule is c1ccc(-c2ccc3c(c2)c2cc4c(cc2n3-c2cc(-c3ccccn3)ccn2)N(c2cc(-c3ccccn3)ccn2)c2cccc3c(-c5ccccc5)ccc-4c23)cc1. The summed E-state index contributed by atoms with van der Waals surface area (Å²) in [5.74, 6) is 1.63. The molecule has 0 amide bonds. The smallest absolute Gasteiger partial charge is 0.138 e. The molecule has 0 aliphatic carbocycles. The van der Waals surface area contributed by atoms with Gasteiger partial charge in [0.05, 0.1) is 33.8 Å². The number of benzene rings is 6. The van der Waals surface area contributed by atoms with Gasteiger partial charge in [0.25, 0.3) is 0 Å². The van der Waals surface area contributed by atoms with Crippen molar-refractivity contribution in [3.63, 3.8) is 0 Å². The second-order valence-corrected chi connectivity index (χ2v) is 15.1. The van der Waals surface area contributed by atoms with Crippen LogP contribution >= 0.6 is 0 Å². The molecular formula is C54H34N6. The quantitative estimate of drug-likeness (QED) is 0.169. The van der Waals surface area contributed by atoms with Gasteiger partial charge in [-0.3, -0.25) is 19.4 Å². The molecule has 0 unspecified atom stereocenters. The molecule has 0 atom stereocenters. The van der Waals surface area contributed by atoms with Gasteiger partial charge in [0.1, 0.15) is 11.6 Å². The Hall–Kier alpha value is -8.22. The topological polar surface area (TPSA) is 59.7 Å². The Morgan fingerprint density at radius 1 is 0.317 bits per heavy atom. The maximum atomic E-state index is 5.09. The summed E-state index contributed by atoms with van der Waals surface area (Å²) in [6, 6.07) is 64.4. The van der Waals surface area contributed by atoms with Crippen LogP contribution in [0.25, 0.3) is 94.3 Å². The minimum atomic E-state index is 0.811. The van der Waals surface area contributed by atoms with E-state index in [1.54, 1.807) is 0 Å². The van der Waals surface area contributed by atoms with Crippen molar-refractivity contribution in [2.45, 2.75) is 0 Å². The van der Waals surface area contributed by atoms with E-state index in [0.717, 1.165) is 78.5 Å². The molecule has 0 saturated carbocycles. The Labute approximate surface area is 346 Å². The van der Waals surface area contributed by atoms with Crippen molar-refractivity contribution in [1.29, 1.82) is 0 Å². The zero-order valence-electron chi connectivity index (χ0n) is 32.3. The second-order valence-electron chi connectivity index (χ2n) is 15.1. The third-order valence-corrected chi connectivity index (χ3v) is 11.7. The molecule has 280 valence electrons. The number of hydrogen-bond donors (Lipinski definition) is 0. The fourth-order valence-electron chi connectivity index (χ4n) is 9.02. The first kappa shape index (κ1) is 33.9. The van der Waals surface area contributed by atoms with Crippen LogP contribution in [0.5, 0.6) is 0 Å². The van der Waals surface area contributed by atoms with Gasteiger partial charge < -0.3 is 0 Å². The molecule has 0 saturated heterocycles. The van der Waals surface area contributed by atoms with Crippen LogP contribution in [0, 0.1) is 0 Å². The van der Waals surface area contributed by atoms with Crippen molar-refractivity contribution < 1.29 is 0 Å². The highest BCUT2D eigenvalue weighted by molar-refractivity contribution is 6.21. The van der Waals surface area contributed by atoms with E-state index in [9.17, 15) is 0 Å². The van der Waals surface area contributed by atoms with Crippen LogP contribution in [-0.2, 0) is 0 Å². The van der Waals surface area contributed by atoms with Crippen LogP contribution in [0.1, 0.15) is 0 Å². The molecule has 0 radical (unpaired) electrons. The number of fused-ring (bicyclic) bond motifs is 5. The summed E-state index contributed by atoms with van der Waals surface area (Å²) >= 11 is 0. The molecule has 12 rings (SSSR count). The Morgan fingerprint density at radius 3 is 1.68 bits per heavy atom. The van der Waals surface area contributed by atoms with E-state index in [4.69, 9.17) is 15.0 Å². The van der Waals surface area contributed by atoms with Gasteiger partial charge >= 0.3 is 0 Å². The number of rotatable bonds is 6. The summed E-state index contributed by atoms with van der Waals surface area (Å²) in [6.45, 7) is 0. The zero-order valence-corrected chi connectivity index (χ0v) is 32.3. The number of anilines is 3. The third-order valence-electron chi connectivity index (χ3n) is 11.7. The monoisotopic (exact) mass is 766 g/mol. The van der Waals surface area contributed by atoms with Crippen LogP contribution in [0.4, 0.5) is 17.2 Å². The first-order valence-corrected chi connectivity index (χ1v) is 20.1. The molecule has 6 heterocycles. The summed E-state index contributed by atoms with van der Waals surface area (Å²) in [4.78, 5) is 21.8. The fraction of sp³-hybridized carbons (Fsp3) is 0. The van der Waals surface area contributed by atoms with Crippen molar-refractivity contribution >= 4 is 49.8 Å². The number of aromatic nitrogens is 5. The normalized spacial score (nSPS) is 12.0. The van der Waals surface area contributed by atoms with Gasteiger partial charge in [-0.15, -0.1) is 0 Å². The Bertz CT molecular complexity index is 3420. The Balaban J connectivity index is 1.18. The molecular weight excluding hydrogens is 733 g/mol. The standard InChI is InChI=1S/C54H34N6/c1-3-12-35(13-4-1)37-20-23-48-43(30-37)45-33-44-42-22-21-40(36-14-5-2-6-15-36)41-16-11-19-49(54(41)42)60(53-32-39(25-29-58-53)47-18-8-10-27-56-47)50(44)34-51(45)59(48)52-31-38(24-28-57-52)46-17-7-9-26-55-46/h1-34H. The van der Waals surface area contributed by atoms with Crippen molar-refractivity contribution in [3.8, 4) is 61.7 Å². The average Bonchev–Trinajstić information content (AvgIpc) is 3.65. The van der Waals surface area contributed by atoms with Gasteiger partial charge in [0, 0.05) is 57.6 Å².